The lowest BCUT2D eigenvalue weighted by molar-refractivity contribution is -0.122. The molecule has 0 aliphatic carbocycles. The van der Waals surface area contributed by atoms with Gasteiger partial charge in [-0.1, -0.05) is 0 Å². The van der Waals surface area contributed by atoms with Crippen molar-refractivity contribution in [2.75, 3.05) is 19.6 Å². The highest BCUT2D eigenvalue weighted by atomic mass is 16.6. The van der Waals surface area contributed by atoms with Crippen molar-refractivity contribution >= 4 is 12.0 Å². The molecule has 2 heterocycles. The fraction of sp³-hybridized carbons (Fsp3) is 0.818. The zero-order valence-electron chi connectivity index (χ0n) is 9.95. The number of carbonyl (C=O) groups is 2. The Balaban J connectivity index is 1.94. The molecule has 0 bridgehead atoms. The molecular formula is C11H18N2O3. The fourth-order valence-corrected chi connectivity index (χ4v) is 2.21. The summed E-state index contributed by atoms with van der Waals surface area (Å²) < 4.78 is 5.28. The van der Waals surface area contributed by atoms with Crippen molar-refractivity contribution in [3.63, 3.8) is 0 Å². The van der Waals surface area contributed by atoms with E-state index in [0.717, 1.165) is 0 Å². The van der Waals surface area contributed by atoms with Gasteiger partial charge < -0.3 is 15.0 Å². The van der Waals surface area contributed by atoms with E-state index in [1.165, 1.54) is 0 Å². The smallest absolute Gasteiger partial charge is 0.410 e. The predicted octanol–water partition coefficient (Wildman–Crippen LogP) is 0.599. The van der Waals surface area contributed by atoms with Crippen molar-refractivity contribution < 1.29 is 14.3 Å². The summed E-state index contributed by atoms with van der Waals surface area (Å²) in [7, 11) is 0. The Morgan fingerprint density at radius 2 is 2.12 bits per heavy atom. The van der Waals surface area contributed by atoms with Crippen LogP contribution in [0, 0.1) is 11.8 Å². The van der Waals surface area contributed by atoms with Gasteiger partial charge in [-0.05, 0) is 20.8 Å². The van der Waals surface area contributed by atoms with Crippen LogP contribution >= 0.6 is 0 Å². The summed E-state index contributed by atoms with van der Waals surface area (Å²) in [4.78, 5) is 24.8. The summed E-state index contributed by atoms with van der Waals surface area (Å²) in [5, 5.41) is 2.81. The van der Waals surface area contributed by atoms with Crippen molar-refractivity contribution in [2.45, 2.75) is 26.4 Å². The molecule has 0 spiro atoms. The maximum absolute atomic E-state index is 11.8. The molecule has 16 heavy (non-hydrogen) atoms. The van der Waals surface area contributed by atoms with E-state index in [1.807, 2.05) is 20.8 Å². The third-order valence-electron chi connectivity index (χ3n) is 2.97. The maximum Gasteiger partial charge on any atom is 0.410 e. The van der Waals surface area contributed by atoms with E-state index in [1.54, 1.807) is 4.90 Å². The SMILES string of the molecule is CC(C)(C)OC(=O)N1C[C@H]2CNC(=O)[C@H]2C1. The zero-order chi connectivity index (χ0) is 11.9. The van der Waals surface area contributed by atoms with Crippen molar-refractivity contribution in [3.05, 3.63) is 0 Å². The third kappa shape index (κ3) is 2.13. The van der Waals surface area contributed by atoms with E-state index < -0.39 is 5.60 Å². The third-order valence-corrected chi connectivity index (χ3v) is 2.97. The summed E-state index contributed by atoms with van der Waals surface area (Å²) in [6.07, 6.45) is -0.310. The first-order valence-electron chi connectivity index (χ1n) is 5.62. The van der Waals surface area contributed by atoms with Crippen LogP contribution in [0.2, 0.25) is 0 Å². The summed E-state index contributed by atoms with van der Waals surface area (Å²) in [5.41, 5.74) is -0.475. The van der Waals surface area contributed by atoms with Crippen LogP contribution in [-0.2, 0) is 9.53 Å². The van der Waals surface area contributed by atoms with Gasteiger partial charge in [-0.3, -0.25) is 4.79 Å². The molecule has 2 aliphatic heterocycles. The second-order valence-corrected chi connectivity index (χ2v) is 5.50. The Labute approximate surface area is 95.1 Å². The number of carbonyl (C=O) groups excluding carboxylic acids is 2. The average Bonchev–Trinajstić information content (AvgIpc) is 2.65. The van der Waals surface area contributed by atoms with E-state index >= 15 is 0 Å². The van der Waals surface area contributed by atoms with Crippen LogP contribution in [-0.4, -0.2) is 42.1 Å². The van der Waals surface area contributed by atoms with Gasteiger partial charge in [0.1, 0.15) is 5.60 Å². The zero-order valence-corrected chi connectivity index (χ0v) is 9.95. The molecule has 0 saturated carbocycles. The molecule has 2 rings (SSSR count). The molecule has 2 atom stereocenters. The number of ether oxygens (including phenoxy) is 1. The number of rotatable bonds is 0. The van der Waals surface area contributed by atoms with E-state index in [4.69, 9.17) is 4.74 Å². The van der Waals surface area contributed by atoms with Gasteiger partial charge in [0, 0.05) is 25.6 Å². The fourth-order valence-electron chi connectivity index (χ4n) is 2.21. The Hall–Kier alpha value is -1.26. The van der Waals surface area contributed by atoms with E-state index in [9.17, 15) is 9.59 Å². The summed E-state index contributed by atoms with van der Waals surface area (Å²) >= 11 is 0. The molecule has 0 aromatic carbocycles. The van der Waals surface area contributed by atoms with Gasteiger partial charge >= 0.3 is 6.09 Å². The van der Waals surface area contributed by atoms with Crippen molar-refractivity contribution in [2.24, 2.45) is 11.8 Å². The average molecular weight is 226 g/mol. The second-order valence-electron chi connectivity index (χ2n) is 5.50. The molecule has 0 radical (unpaired) electrons. The van der Waals surface area contributed by atoms with E-state index in [2.05, 4.69) is 5.32 Å². The summed E-state index contributed by atoms with van der Waals surface area (Å²) in [6.45, 7) is 7.32. The lowest BCUT2D eigenvalue weighted by atomic mass is 10.0. The van der Waals surface area contributed by atoms with Crippen molar-refractivity contribution in [3.8, 4) is 0 Å². The van der Waals surface area contributed by atoms with Gasteiger partial charge in [-0.25, -0.2) is 4.79 Å². The standard InChI is InChI=1S/C11H18N2O3/c1-11(2,3)16-10(15)13-5-7-4-12-9(14)8(7)6-13/h7-8H,4-6H2,1-3H3,(H,12,14)/t7-,8+/m1/s1. The minimum absolute atomic E-state index is 0.0347. The molecular weight excluding hydrogens is 208 g/mol. The molecule has 2 saturated heterocycles. The Bertz CT molecular complexity index is 322. The molecule has 2 aliphatic rings. The summed E-state index contributed by atoms with van der Waals surface area (Å²) in [6, 6.07) is 0. The number of hydrogen-bond donors (Lipinski definition) is 1. The number of likely N-dealkylation sites (tertiary alicyclic amines) is 1. The predicted molar refractivity (Wildman–Crippen MR) is 57.8 cm³/mol. The van der Waals surface area contributed by atoms with Gasteiger partial charge in [0.2, 0.25) is 5.91 Å². The molecule has 0 unspecified atom stereocenters. The van der Waals surface area contributed by atoms with Crippen LogP contribution in [0.3, 0.4) is 0 Å². The maximum atomic E-state index is 11.8. The number of fused-ring (bicyclic) bond motifs is 1. The molecule has 5 heteroatoms. The topological polar surface area (TPSA) is 58.6 Å². The Morgan fingerprint density at radius 1 is 1.44 bits per heavy atom. The minimum Gasteiger partial charge on any atom is -0.444 e. The molecule has 1 N–H and O–H groups in total. The van der Waals surface area contributed by atoms with E-state index in [0.29, 0.717) is 19.6 Å². The van der Waals surface area contributed by atoms with Gasteiger partial charge in [-0.2, -0.15) is 0 Å². The second kappa shape index (κ2) is 3.64. The highest BCUT2D eigenvalue weighted by molar-refractivity contribution is 5.83. The van der Waals surface area contributed by atoms with Crippen molar-refractivity contribution in [1.82, 2.24) is 10.2 Å². The normalized spacial score (nSPS) is 28.9. The highest BCUT2D eigenvalue weighted by Gasteiger charge is 2.44. The Kier molecular flexibility index (Phi) is 2.56. The van der Waals surface area contributed by atoms with Crippen LogP contribution in [0.15, 0.2) is 0 Å². The first kappa shape index (κ1) is 11.2. The number of hydrogen-bond acceptors (Lipinski definition) is 3. The summed E-state index contributed by atoms with van der Waals surface area (Å²) in [5.74, 6) is 0.295. The van der Waals surface area contributed by atoms with Crippen LogP contribution in [0.1, 0.15) is 20.8 Å². The molecule has 5 nitrogen and oxygen atoms in total. The first-order valence-corrected chi connectivity index (χ1v) is 5.62. The van der Waals surface area contributed by atoms with E-state index in [-0.39, 0.29) is 23.8 Å². The monoisotopic (exact) mass is 226 g/mol. The minimum atomic E-state index is -0.475. The highest BCUT2D eigenvalue weighted by Crippen LogP contribution is 2.28. The number of nitrogens with zero attached hydrogens (tertiary/aromatic N) is 1. The van der Waals surface area contributed by atoms with Crippen LogP contribution in [0.4, 0.5) is 4.79 Å². The quantitative estimate of drug-likeness (QED) is 0.658. The number of amides is 2. The molecule has 0 aromatic heterocycles. The van der Waals surface area contributed by atoms with Crippen LogP contribution in [0.25, 0.3) is 0 Å². The molecule has 90 valence electrons. The Morgan fingerprint density at radius 3 is 2.69 bits per heavy atom. The van der Waals surface area contributed by atoms with Gasteiger partial charge in [-0.15, -0.1) is 0 Å². The number of nitrogens with one attached hydrogen (secondary N) is 1. The van der Waals surface area contributed by atoms with Crippen molar-refractivity contribution in [1.29, 1.82) is 0 Å². The molecule has 2 fully saturated rings. The molecule has 0 aromatic rings. The van der Waals surface area contributed by atoms with Gasteiger partial charge in [0.25, 0.3) is 0 Å². The lowest BCUT2D eigenvalue weighted by Crippen LogP contribution is -2.37. The molecule has 2 amide bonds. The first-order chi connectivity index (χ1) is 7.37. The van der Waals surface area contributed by atoms with Gasteiger partial charge in [0.05, 0.1) is 5.92 Å². The van der Waals surface area contributed by atoms with Crippen LogP contribution < -0.4 is 5.32 Å². The largest absolute Gasteiger partial charge is 0.444 e. The van der Waals surface area contributed by atoms with Crippen LogP contribution in [0.5, 0.6) is 0 Å². The van der Waals surface area contributed by atoms with Gasteiger partial charge in [0.15, 0.2) is 0 Å². The lowest BCUT2D eigenvalue weighted by Gasteiger charge is -2.24.